The number of urea groups is 1. The van der Waals surface area contributed by atoms with Gasteiger partial charge in [0.1, 0.15) is 5.41 Å². The molecule has 96 valence electrons. The zero-order valence-corrected chi connectivity index (χ0v) is 10.6. The quantitative estimate of drug-likeness (QED) is 0.716. The Morgan fingerprint density at radius 1 is 1.06 bits per heavy atom. The average molecular weight is 240 g/mol. The van der Waals surface area contributed by atoms with Crippen molar-refractivity contribution in [2.24, 2.45) is 11.3 Å². The number of amides is 4. The number of hydrogen-bond donors (Lipinski definition) is 2. The van der Waals surface area contributed by atoms with Gasteiger partial charge in [-0.1, -0.05) is 27.2 Å². The number of hydrogen-bond acceptors (Lipinski definition) is 3. The number of nitrogens with one attached hydrogen (secondary N) is 2. The summed E-state index contributed by atoms with van der Waals surface area (Å²) in [5.41, 5.74) is -1.06. The smallest absolute Gasteiger partial charge is 0.277 e. The van der Waals surface area contributed by atoms with Gasteiger partial charge in [-0.25, -0.2) is 4.79 Å². The molecule has 1 rings (SSSR count). The normalized spacial score (nSPS) is 19.2. The molecule has 17 heavy (non-hydrogen) atoms. The van der Waals surface area contributed by atoms with Gasteiger partial charge in [-0.2, -0.15) is 0 Å². The van der Waals surface area contributed by atoms with Crippen LogP contribution in [0.15, 0.2) is 0 Å². The van der Waals surface area contributed by atoms with Crippen LogP contribution in [0.1, 0.15) is 46.5 Å². The van der Waals surface area contributed by atoms with Crippen molar-refractivity contribution in [2.45, 2.75) is 46.5 Å². The van der Waals surface area contributed by atoms with Crippen molar-refractivity contribution in [1.82, 2.24) is 10.6 Å². The summed E-state index contributed by atoms with van der Waals surface area (Å²) in [7, 11) is 0. The second-order valence-corrected chi connectivity index (χ2v) is 5.00. The molecule has 2 N–H and O–H groups in total. The Balaban J connectivity index is 2.91. The second-order valence-electron chi connectivity index (χ2n) is 5.00. The van der Waals surface area contributed by atoms with E-state index in [1.165, 1.54) is 0 Å². The Morgan fingerprint density at radius 2 is 1.59 bits per heavy atom. The highest BCUT2D eigenvalue weighted by molar-refractivity contribution is 6.19. The van der Waals surface area contributed by atoms with Gasteiger partial charge in [0.15, 0.2) is 0 Å². The minimum Gasteiger partial charge on any atom is -0.277 e. The summed E-state index contributed by atoms with van der Waals surface area (Å²) in [6.45, 7) is 6.01. The molecule has 0 unspecified atom stereocenters. The first-order chi connectivity index (χ1) is 7.92. The molecule has 1 aliphatic rings. The molecule has 0 spiro atoms. The topological polar surface area (TPSA) is 75.3 Å². The summed E-state index contributed by atoms with van der Waals surface area (Å²) in [5, 5.41) is 4.40. The lowest BCUT2D eigenvalue weighted by atomic mass is 9.75. The number of barbiturate groups is 1. The van der Waals surface area contributed by atoms with Crippen LogP contribution in [0.5, 0.6) is 0 Å². The highest BCUT2D eigenvalue weighted by Gasteiger charge is 2.48. The molecule has 0 aromatic carbocycles. The van der Waals surface area contributed by atoms with E-state index in [1.807, 2.05) is 20.8 Å². The zero-order valence-electron chi connectivity index (χ0n) is 10.6. The highest BCUT2D eigenvalue weighted by atomic mass is 16.2. The van der Waals surface area contributed by atoms with E-state index >= 15 is 0 Å². The van der Waals surface area contributed by atoms with E-state index in [2.05, 4.69) is 10.6 Å². The van der Waals surface area contributed by atoms with Crippen molar-refractivity contribution in [3.8, 4) is 0 Å². The van der Waals surface area contributed by atoms with E-state index in [0.717, 1.165) is 12.8 Å². The fraction of sp³-hybridized carbons (Fsp3) is 0.750. The van der Waals surface area contributed by atoms with Gasteiger partial charge >= 0.3 is 6.03 Å². The number of carbonyl (C=O) groups is 3. The molecule has 0 aromatic heterocycles. The summed E-state index contributed by atoms with van der Waals surface area (Å²) < 4.78 is 0. The molecular formula is C12H20N2O3. The zero-order chi connectivity index (χ0) is 13.1. The fourth-order valence-corrected chi connectivity index (χ4v) is 2.12. The Morgan fingerprint density at radius 3 is 2.00 bits per heavy atom. The van der Waals surface area contributed by atoms with Crippen molar-refractivity contribution in [3.63, 3.8) is 0 Å². The average Bonchev–Trinajstić information content (AvgIpc) is 2.21. The maximum Gasteiger partial charge on any atom is 0.328 e. The van der Waals surface area contributed by atoms with Gasteiger partial charge in [0, 0.05) is 0 Å². The van der Waals surface area contributed by atoms with Crippen molar-refractivity contribution < 1.29 is 14.4 Å². The van der Waals surface area contributed by atoms with Crippen LogP contribution in [-0.2, 0) is 9.59 Å². The third-order valence-corrected chi connectivity index (χ3v) is 3.15. The summed E-state index contributed by atoms with van der Waals surface area (Å²) >= 11 is 0. The van der Waals surface area contributed by atoms with Crippen LogP contribution >= 0.6 is 0 Å². The lowest BCUT2D eigenvalue weighted by Gasteiger charge is -2.34. The summed E-state index contributed by atoms with van der Waals surface area (Å²) in [6.07, 6.45) is 2.48. The van der Waals surface area contributed by atoms with E-state index in [1.54, 1.807) is 0 Å². The van der Waals surface area contributed by atoms with Gasteiger partial charge in [-0.3, -0.25) is 20.2 Å². The number of carbonyl (C=O) groups excluding carboxylic acids is 3. The van der Waals surface area contributed by atoms with Gasteiger partial charge in [-0.15, -0.1) is 0 Å². The first kappa shape index (κ1) is 13.7. The number of rotatable bonds is 5. The molecule has 1 heterocycles. The maximum absolute atomic E-state index is 11.9. The molecule has 0 bridgehead atoms. The Hall–Kier alpha value is -1.39. The Labute approximate surface area is 101 Å². The lowest BCUT2D eigenvalue weighted by Crippen LogP contribution is -2.62. The van der Waals surface area contributed by atoms with Crippen molar-refractivity contribution in [3.05, 3.63) is 0 Å². The molecule has 5 heteroatoms. The Bertz CT molecular complexity index is 317. The number of imide groups is 2. The lowest BCUT2D eigenvalue weighted by molar-refractivity contribution is -0.145. The van der Waals surface area contributed by atoms with E-state index in [0.29, 0.717) is 18.8 Å². The van der Waals surface area contributed by atoms with Crippen LogP contribution in [0.4, 0.5) is 4.79 Å². The van der Waals surface area contributed by atoms with E-state index in [4.69, 9.17) is 0 Å². The van der Waals surface area contributed by atoms with Crippen LogP contribution in [0.3, 0.4) is 0 Å². The third kappa shape index (κ3) is 2.84. The first-order valence-corrected chi connectivity index (χ1v) is 6.09. The molecule has 0 saturated carbocycles. The summed E-state index contributed by atoms with van der Waals surface area (Å²) in [6, 6.07) is -0.712. The first-order valence-electron chi connectivity index (χ1n) is 6.09. The van der Waals surface area contributed by atoms with Crippen LogP contribution in [0.25, 0.3) is 0 Å². The molecule has 0 radical (unpaired) electrons. The largest absolute Gasteiger partial charge is 0.328 e. The van der Waals surface area contributed by atoms with Gasteiger partial charge in [0.25, 0.3) is 0 Å². The van der Waals surface area contributed by atoms with E-state index < -0.39 is 23.3 Å². The standard InChI is InChI=1S/C12H20N2O3/c1-4-6-12(7-5-8(2)3)9(15)13-11(17)14-10(12)16/h8H,4-7H2,1-3H3,(H2,13,14,15,16,17). The predicted octanol–water partition coefficient (Wildman–Crippen LogP) is 1.58. The molecular weight excluding hydrogens is 220 g/mol. The SMILES string of the molecule is CCCC1(CCC(C)C)C(=O)NC(=O)NC1=O. The minimum atomic E-state index is -1.06. The van der Waals surface area contributed by atoms with Crippen molar-refractivity contribution >= 4 is 17.8 Å². The van der Waals surface area contributed by atoms with Crippen LogP contribution in [-0.4, -0.2) is 17.8 Å². The monoisotopic (exact) mass is 240 g/mol. The summed E-state index contributed by atoms with van der Waals surface area (Å²) in [5.74, 6) is -0.482. The third-order valence-electron chi connectivity index (χ3n) is 3.15. The van der Waals surface area contributed by atoms with E-state index in [9.17, 15) is 14.4 Å². The molecule has 0 aliphatic carbocycles. The molecule has 1 fully saturated rings. The summed E-state index contributed by atoms with van der Waals surface area (Å²) in [4.78, 5) is 34.9. The van der Waals surface area contributed by atoms with Crippen LogP contribution in [0.2, 0.25) is 0 Å². The molecule has 0 aromatic rings. The molecule has 4 amide bonds. The fourth-order valence-electron chi connectivity index (χ4n) is 2.12. The molecule has 1 aliphatic heterocycles. The van der Waals surface area contributed by atoms with Crippen LogP contribution < -0.4 is 10.6 Å². The van der Waals surface area contributed by atoms with Gasteiger partial charge in [0.05, 0.1) is 0 Å². The molecule has 0 atom stereocenters. The van der Waals surface area contributed by atoms with E-state index in [-0.39, 0.29) is 0 Å². The second kappa shape index (κ2) is 5.29. The highest BCUT2D eigenvalue weighted by Crippen LogP contribution is 2.33. The minimum absolute atomic E-state index is 0.418. The predicted molar refractivity (Wildman–Crippen MR) is 63.1 cm³/mol. The maximum atomic E-state index is 11.9. The Kier molecular flexibility index (Phi) is 4.26. The van der Waals surface area contributed by atoms with Crippen molar-refractivity contribution in [2.75, 3.05) is 0 Å². The molecule has 5 nitrogen and oxygen atoms in total. The molecule has 1 saturated heterocycles. The van der Waals surface area contributed by atoms with Gasteiger partial charge in [-0.05, 0) is 25.2 Å². The van der Waals surface area contributed by atoms with Crippen LogP contribution in [0, 0.1) is 11.3 Å². The van der Waals surface area contributed by atoms with Gasteiger partial charge < -0.3 is 0 Å². The van der Waals surface area contributed by atoms with Gasteiger partial charge in [0.2, 0.25) is 11.8 Å². The van der Waals surface area contributed by atoms with Crippen molar-refractivity contribution in [1.29, 1.82) is 0 Å².